The lowest BCUT2D eigenvalue weighted by molar-refractivity contribution is -0.116. The number of fused-ring (bicyclic) bond motifs is 3. The summed E-state index contributed by atoms with van der Waals surface area (Å²) in [6.07, 6.45) is 2.04. The van der Waals surface area contributed by atoms with Crippen molar-refractivity contribution in [1.29, 1.82) is 0 Å². The quantitative estimate of drug-likeness (QED) is 0.410. The molecule has 2 aromatic carbocycles. The van der Waals surface area contributed by atoms with E-state index in [9.17, 15) is 14.4 Å². The number of anilines is 1. The highest BCUT2D eigenvalue weighted by molar-refractivity contribution is 5.96. The first-order valence-electron chi connectivity index (χ1n) is 10.2. The zero-order valence-corrected chi connectivity index (χ0v) is 17.5. The summed E-state index contributed by atoms with van der Waals surface area (Å²) in [4.78, 5) is 36.4. The predicted molar refractivity (Wildman–Crippen MR) is 121 cm³/mol. The van der Waals surface area contributed by atoms with Crippen molar-refractivity contribution in [3.63, 3.8) is 0 Å². The molecule has 0 unspecified atom stereocenters. The Morgan fingerprint density at radius 2 is 1.75 bits per heavy atom. The Bertz CT molecular complexity index is 1640. The molecule has 0 saturated carbocycles. The van der Waals surface area contributed by atoms with E-state index in [0.717, 1.165) is 21.9 Å². The van der Waals surface area contributed by atoms with E-state index in [2.05, 4.69) is 5.32 Å². The molecule has 0 spiro atoms. The van der Waals surface area contributed by atoms with Crippen molar-refractivity contribution in [1.82, 2.24) is 0 Å². The third kappa shape index (κ3) is 3.47. The Morgan fingerprint density at radius 1 is 0.906 bits per heavy atom. The van der Waals surface area contributed by atoms with Gasteiger partial charge in [0.15, 0.2) is 0 Å². The van der Waals surface area contributed by atoms with Gasteiger partial charge in [-0.15, -0.1) is 0 Å². The van der Waals surface area contributed by atoms with Gasteiger partial charge in [-0.3, -0.25) is 4.79 Å². The number of hydrogen-bond donors (Lipinski definition) is 1. The molecule has 5 rings (SSSR count). The lowest BCUT2D eigenvalue weighted by atomic mass is 10.0. The molecule has 0 bridgehead atoms. The van der Waals surface area contributed by atoms with Crippen molar-refractivity contribution in [3.05, 3.63) is 86.3 Å². The van der Waals surface area contributed by atoms with Gasteiger partial charge >= 0.3 is 11.3 Å². The summed E-state index contributed by atoms with van der Waals surface area (Å²) in [7, 11) is 0. The number of rotatable bonds is 4. The largest absolute Gasteiger partial charge is 0.464 e. The number of furan rings is 1. The number of hydrogen-bond acceptors (Lipinski definition) is 6. The smallest absolute Gasteiger partial charge is 0.339 e. The first-order valence-corrected chi connectivity index (χ1v) is 10.2. The van der Waals surface area contributed by atoms with Crippen LogP contribution in [0.4, 0.5) is 5.69 Å². The molecular weight excluding hydrogens is 410 g/mol. The minimum absolute atomic E-state index is 0.117. The van der Waals surface area contributed by atoms with E-state index in [1.165, 1.54) is 6.07 Å². The van der Waals surface area contributed by atoms with E-state index in [-0.39, 0.29) is 18.7 Å². The van der Waals surface area contributed by atoms with E-state index in [4.69, 9.17) is 13.3 Å². The Hall–Kier alpha value is -4.13. The molecule has 0 saturated heterocycles. The Balaban J connectivity index is 1.38. The van der Waals surface area contributed by atoms with Gasteiger partial charge in [0, 0.05) is 46.0 Å². The van der Waals surface area contributed by atoms with E-state index < -0.39 is 11.3 Å². The van der Waals surface area contributed by atoms with E-state index >= 15 is 0 Å². The molecule has 0 atom stereocenters. The van der Waals surface area contributed by atoms with Gasteiger partial charge < -0.3 is 18.6 Å². The average Bonchev–Trinajstić information content (AvgIpc) is 3.12. The zero-order valence-electron chi connectivity index (χ0n) is 17.5. The number of carbonyl (C=O) groups excluding carboxylic acids is 1. The fourth-order valence-corrected chi connectivity index (χ4v) is 3.94. The van der Waals surface area contributed by atoms with Crippen molar-refractivity contribution in [2.45, 2.75) is 26.7 Å². The molecule has 3 heterocycles. The van der Waals surface area contributed by atoms with Gasteiger partial charge in [0.1, 0.15) is 16.7 Å². The zero-order chi connectivity index (χ0) is 22.4. The third-order valence-corrected chi connectivity index (χ3v) is 5.68. The summed E-state index contributed by atoms with van der Waals surface area (Å²) in [5.74, 6) is -0.234. The van der Waals surface area contributed by atoms with Gasteiger partial charge in [0.05, 0.1) is 6.26 Å². The number of carbonyl (C=O) groups is 1. The number of nitrogens with one attached hydrogen (secondary N) is 1. The van der Waals surface area contributed by atoms with Crippen LogP contribution in [0.3, 0.4) is 0 Å². The maximum absolute atomic E-state index is 12.6. The lowest BCUT2D eigenvalue weighted by Gasteiger charge is -2.09. The Labute approximate surface area is 181 Å². The molecule has 0 aliphatic carbocycles. The summed E-state index contributed by atoms with van der Waals surface area (Å²) in [5, 5.41) is 5.31. The van der Waals surface area contributed by atoms with Crippen LogP contribution in [0.25, 0.3) is 32.9 Å². The van der Waals surface area contributed by atoms with Crippen molar-refractivity contribution in [3.8, 4) is 0 Å². The van der Waals surface area contributed by atoms with Gasteiger partial charge in [-0.2, -0.15) is 0 Å². The molecule has 0 radical (unpaired) electrons. The van der Waals surface area contributed by atoms with E-state index in [0.29, 0.717) is 33.4 Å². The van der Waals surface area contributed by atoms with Crippen LogP contribution in [0.1, 0.15) is 23.1 Å². The fourth-order valence-electron chi connectivity index (χ4n) is 3.94. The fraction of sp³-hybridized carbons (Fsp3) is 0.160. The van der Waals surface area contributed by atoms with Crippen LogP contribution in [0.15, 0.2) is 71.6 Å². The normalized spacial score (nSPS) is 11.4. The molecular formula is C25H19NO6. The van der Waals surface area contributed by atoms with Gasteiger partial charge in [-0.25, -0.2) is 9.59 Å². The SMILES string of the molecule is Cc1coc2cc3oc(=O)c(CCC(=O)Nc4ccc5oc(=O)ccc5c4)c(C)c3cc12. The van der Waals surface area contributed by atoms with Crippen LogP contribution in [-0.2, 0) is 11.2 Å². The van der Waals surface area contributed by atoms with Gasteiger partial charge in [-0.05, 0) is 61.7 Å². The first-order chi connectivity index (χ1) is 15.4. The second-order valence-electron chi connectivity index (χ2n) is 7.81. The average molecular weight is 429 g/mol. The number of amides is 1. The topological polar surface area (TPSA) is 103 Å². The van der Waals surface area contributed by atoms with Crippen molar-refractivity contribution in [2.75, 3.05) is 5.32 Å². The minimum atomic E-state index is -0.453. The highest BCUT2D eigenvalue weighted by atomic mass is 16.4. The van der Waals surface area contributed by atoms with Crippen LogP contribution in [0.5, 0.6) is 0 Å². The van der Waals surface area contributed by atoms with Crippen molar-refractivity contribution < 1.29 is 18.0 Å². The highest BCUT2D eigenvalue weighted by Gasteiger charge is 2.15. The summed E-state index contributed by atoms with van der Waals surface area (Å²) in [5.41, 5.74) is 3.56. The van der Waals surface area contributed by atoms with E-state index in [1.54, 1.807) is 36.6 Å². The van der Waals surface area contributed by atoms with Gasteiger partial charge in [0.25, 0.3) is 0 Å². The molecule has 5 aromatic rings. The first kappa shape index (κ1) is 19.8. The molecule has 0 aliphatic rings. The van der Waals surface area contributed by atoms with Gasteiger partial charge in [-0.1, -0.05) is 0 Å². The lowest BCUT2D eigenvalue weighted by Crippen LogP contribution is -2.16. The highest BCUT2D eigenvalue weighted by Crippen LogP contribution is 2.29. The molecule has 3 aromatic heterocycles. The maximum Gasteiger partial charge on any atom is 0.339 e. The Kier molecular flexibility index (Phi) is 4.66. The van der Waals surface area contributed by atoms with E-state index in [1.807, 2.05) is 19.9 Å². The minimum Gasteiger partial charge on any atom is -0.464 e. The number of benzene rings is 2. The molecule has 0 fully saturated rings. The standard InChI is InChI=1S/C25H19NO6/c1-13-12-30-21-11-22-19(10-18(13)21)14(2)17(25(29)32-22)5-7-23(27)26-16-4-6-20-15(9-16)3-8-24(28)31-20/h3-4,6,8-12H,5,7H2,1-2H3,(H,26,27). The monoisotopic (exact) mass is 429 g/mol. The maximum atomic E-state index is 12.6. The summed E-state index contributed by atoms with van der Waals surface area (Å²) in [6, 6.07) is 11.7. The summed E-state index contributed by atoms with van der Waals surface area (Å²) >= 11 is 0. The molecule has 7 nitrogen and oxygen atoms in total. The van der Waals surface area contributed by atoms with Crippen molar-refractivity contribution in [2.24, 2.45) is 0 Å². The second-order valence-corrected chi connectivity index (χ2v) is 7.81. The third-order valence-electron chi connectivity index (χ3n) is 5.68. The Morgan fingerprint density at radius 3 is 2.59 bits per heavy atom. The van der Waals surface area contributed by atoms with Gasteiger partial charge in [0.2, 0.25) is 5.91 Å². The van der Waals surface area contributed by atoms with Crippen LogP contribution in [-0.4, -0.2) is 5.91 Å². The van der Waals surface area contributed by atoms with Crippen LogP contribution >= 0.6 is 0 Å². The van der Waals surface area contributed by atoms with Crippen LogP contribution in [0, 0.1) is 13.8 Å². The molecule has 160 valence electrons. The van der Waals surface area contributed by atoms with Crippen LogP contribution < -0.4 is 16.6 Å². The molecule has 7 heteroatoms. The van der Waals surface area contributed by atoms with Crippen molar-refractivity contribution >= 4 is 44.5 Å². The summed E-state index contributed by atoms with van der Waals surface area (Å²) < 4.78 is 16.1. The second kappa shape index (κ2) is 7.53. The molecule has 1 amide bonds. The molecule has 0 aliphatic heterocycles. The summed E-state index contributed by atoms with van der Waals surface area (Å²) in [6.45, 7) is 3.82. The molecule has 32 heavy (non-hydrogen) atoms. The predicted octanol–water partition coefficient (Wildman–Crippen LogP) is 4.83. The molecule has 1 N–H and O–H groups in total. The number of aryl methyl sites for hydroxylation is 2. The van der Waals surface area contributed by atoms with Crippen LogP contribution in [0.2, 0.25) is 0 Å².